The second-order valence-corrected chi connectivity index (χ2v) is 4.40. The van der Waals surface area contributed by atoms with Crippen LogP contribution in [-0.2, 0) is 6.42 Å². The topological polar surface area (TPSA) is 3.24 Å². The molecule has 0 unspecified atom stereocenters. The van der Waals surface area contributed by atoms with Gasteiger partial charge in [0.25, 0.3) is 0 Å². The summed E-state index contributed by atoms with van der Waals surface area (Å²) in [5.74, 6) is 0.474. The van der Waals surface area contributed by atoms with Gasteiger partial charge in [-0.15, -0.1) is 0 Å². The number of halogens is 1. The van der Waals surface area contributed by atoms with Crippen molar-refractivity contribution in [3.63, 3.8) is 0 Å². The van der Waals surface area contributed by atoms with Crippen LogP contribution in [0, 0.1) is 11.7 Å². The molecule has 0 aliphatic rings. The number of rotatable bonds is 4. The highest BCUT2D eigenvalue weighted by atomic mass is 19.1. The minimum atomic E-state index is -0.133. The van der Waals surface area contributed by atoms with Gasteiger partial charge in [0.1, 0.15) is 5.82 Å². The van der Waals surface area contributed by atoms with Crippen LogP contribution < -0.4 is 4.90 Å². The Balaban J connectivity index is 2.94. The van der Waals surface area contributed by atoms with Gasteiger partial charge in [-0.1, -0.05) is 19.9 Å². The highest BCUT2D eigenvalue weighted by molar-refractivity contribution is 5.49. The molecule has 1 aromatic rings. The number of hydrogen-bond donors (Lipinski definition) is 0. The highest BCUT2D eigenvalue weighted by Crippen LogP contribution is 2.21. The Labute approximate surface area is 91.9 Å². The molecule has 0 N–H and O–H groups in total. The maximum atomic E-state index is 13.5. The van der Waals surface area contributed by atoms with E-state index in [0.29, 0.717) is 11.6 Å². The van der Waals surface area contributed by atoms with Crippen LogP contribution >= 0.6 is 0 Å². The molecule has 0 radical (unpaired) electrons. The lowest BCUT2D eigenvalue weighted by Crippen LogP contribution is -2.17. The van der Waals surface area contributed by atoms with Gasteiger partial charge in [-0.05, 0) is 37.0 Å². The molecule has 0 atom stereocenters. The molecule has 84 valence electrons. The van der Waals surface area contributed by atoms with Gasteiger partial charge in [-0.2, -0.15) is 0 Å². The summed E-state index contributed by atoms with van der Waals surface area (Å²) in [5.41, 5.74) is 1.91. The Morgan fingerprint density at radius 1 is 1.33 bits per heavy atom. The average Bonchev–Trinajstić information content (AvgIpc) is 2.19. The lowest BCUT2D eigenvalue weighted by atomic mass is 10.0. The molecule has 0 fully saturated rings. The van der Waals surface area contributed by atoms with E-state index < -0.39 is 0 Å². The van der Waals surface area contributed by atoms with Crippen LogP contribution in [-0.4, -0.2) is 13.6 Å². The number of benzene rings is 1. The van der Waals surface area contributed by atoms with Crippen molar-refractivity contribution in [2.45, 2.75) is 27.2 Å². The maximum absolute atomic E-state index is 13.5. The molecule has 1 nitrogen and oxygen atoms in total. The molecule has 0 spiro atoms. The third-order valence-electron chi connectivity index (χ3n) is 2.54. The highest BCUT2D eigenvalue weighted by Gasteiger charge is 2.07. The van der Waals surface area contributed by atoms with Gasteiger partial charge in [-0.3, -0.25) is 0 Å². The van der Waals surface area contributed by atoms with Gasteiger partial charge in [0, 0.05) is 13.6 Å². The Morgan fingerprint density at radius 3 is 2.53 bits per heavy atom. The molecular formula is C13H20FN. The van der Waals surface area contributed by atoms with Gasteiger partial charge in [0.2, 0.25) is 0 Å². The van der Waals surface area contributed by atoms with Crippen LogP contribution in [0.15, 0.2) is 18.2 Å². The maximum Gasteiger partial charge on any atom is 0.146 e. The summed E-state index contributed by atoms with van der Waals surface area (Å²) in [6.07, 6.45) is 1.00. The Kier molecular flexibility index (Phi) is 4.13. The van der Waals surface area contributed by atoms with E-state index in [1.165, 1.54) is 5.56 Å². The Morgan fingerprint density at radius 2 is 2.00 bits per heavy atom. The molecule has 2 heteroatoms. The molecule has 0 aliphatic heterocycles. The first-order valence-corrected chi connectivity index (χ1v) is 5.54. The van der Waals surface area contributed by atoms with Crippen LogP contribution in [0.4, 0.5) is 10.1 Å². The fraction of sp³-hybridized carbons (Fsp3) is 0.538. The molecule has 0 aliphatic carbocycles. The fourth-order valence-electron chi connectivity index (χ4n) is 1.62. The van der Waals surface area contributed by atoms with Gasteiger partial charge < -0.3 is 4.90 Å². The summed E-state index contributed by atoms with van der Waals surface area (Å²) in [5, 5.41) is 0. The average molecular weight is 209 g/mol. The van der Waals surface area contributed by atoms with E-state index in [4.69, 9.17) is 0 Å². The predicted octanol–water partition coefficient (Wildman–Crippen LogP) is 3.48. The number of nitrogens with zero attached hydrogens (tertiary/aromatic N) is 1. The van der Waals surface area contributed by atoms with Crippen molar-refractivity contribution >= 4 is 5.69 Å². The lowest BCUT2D eigenvalue weighted by molar-refractivity contribution is 0.617. The normalized spacial score (nSPS) is 10.8. The van der Waals surface area contributed by atoms with E-state index in [9.17, 15) is 4.39 Å². The van der Waals surface area contributed by atoms with E-state index in [-0.39, 0.29) is 5.82 Å². The van der Waals surface area contributed by atoms with Crippen LogP contribution in [0.3, 0.4) is 0 Å². The van der Waals surface area contributed by atoms with Gasteiger partial charge in [-0.25, -0.2) is 4.39 Å². The second kappa shape index (κ2) is 5.15. The SMILES string of the molecule is CCN(C)c1cc(CC(C)C)ccc1F. The van der Waals surface area contributed by atoms with E-state index in [2.05, 4.69) is 13.8 Å². The van der Waals surface area contributed by atoms with E-state index in [1.54, 1.807) is 6.07 Å². The van der Waals surface area contributed by atoms with Crippen molar-refractivity contribution in [3.8, 4) is 0 Å². The van der Waals surface area contributed by atoms with Crippen molar-refractivity contribution in [2.75, 3.05) is 18.5 Å². The first-order chi connectivity index (χ1) is 7.04. The quantitative estimate of drug-likeness (QED) is 0.733. The van der Waals surface area contributed by atoms with Crippen molar-refractivity contribution in [3.05, 3.63) is 29.6 Å². The molecular weight excluding hydrogens is 189 g/mol. The molecule has 1 aromatic carbocycles. The minimum absolute atomic E-state index is 0.133. The minimum Gasteiger partial charge on any atom is -0.373 e. The van der Waals surface area contributed by atoms with Crippen LogP contribution in [0.25, 0.3) is 0 Å². The summed E-state index contributed by atoms with van der Waals surface area (Å²) in [6, 6.07) is 5.40. The third-order valence-corrected chi connectivity index (χ3v) is 2.54. The van der Waals surface area contributed by atoms with Gasteiger partial charge in [0.05, 0.1) is 5.69 Å². The predicted molar refractivity (Wildman–Crippen MR) is 63.9 cm³/mol. The molecule has 0 saturated heterocycles. The Bertz CT molecular complexity index is 320. The zero-order valence-corrected chi connectivity index (χ0v) is 10.0. The lowest BCUT2D eigenvalue weighted by Gasteiger charge is -2.18. The van der Waals surface area contributed by atoms with E-state index >= 15 is 0 Å². The van der Waals surface area contributed by atoms with Crippen molar-refractivity contribution in [1.29, 1.82) is 0 Å². The largest absolute Gasteiger partial charge is 0.373 e. The number of anilines is 1. The first kappa shape index (κ1) is 12.0. The Hall–Kier alpha value is -1.05. The summed E-state index contributed by atoms with van der Waals surface area (Å²) in [4.78, 5) is 1.93. The smallest absolute Gasteiger partial charge is 0.146 e. The molecule has 1 rings (SSSR count). The first-order valence-electron chi connectivity index (χ1n) is 5.54. The molecule has 0 amide bonds. The van der Waals surface area contributed by atoms with E-state index in [0.717, 1.165) is 13.0 Å². The summed E-state index contributed by atoms with van der Waals surface area (Å²) >= 11 is 0. The van der Waals surface area contributed by atoms with Crippen LogP contribution in [0.2, 0.25) is 0 Å². The van der Waals surface area contributed by atoms with Gasteiger partial charge >= 0.3 is 0 Å². The van der Waals surface area contributed by atoms with Crippen molar-refractivity contribution < 1.29 is 4.39 Å². The molecule has 15 heavy (non-hydrogen) atoms. The molecule has 0 saturated carbocycles. The van der Waals surface area contributed by atoms with Gasteiger partial charge in [0.15, 0.2) is 0 Å². The summed E-state index contributed by atoms with van der Waals surface area (Å²) in [7, 11) is 1.91. The fourth-order valence-corrected chi connectivity index (χ4v) is 1.62. The number of hydrogen-bond acceptors (Lipinski definition) is 1. The zero-order chi connectivity index (χ0) is 11.4. The van der Waals surface area contributed by atoms with Crippen LogP contribution in [0.5, 0.6) is 0 Å². The standard InChI is InChI=1S/C13H20FN/c1-5-15(4)13-9-11(8-10(2)3)6-7-12(13)14/h6-7,9-10H,5,8H2,1-4H3. The van der Waals surface area contributed by atoms with Crippen molar-refractivity contribution in [2.24, 2.45) is 5.92 Å². The van der Waals surface area contributed by atoms with Crippen molar-refractivity contribution in [1.82, 2.24) is 0 Å². The summed E-state index contributed by atoms with van der Waals surface area (Å²) < 4.78 is 13.5. The third kappa shape index (κ3) is 3.22. The molecule has 0 heterocycles. The second-order valence-electron chi connectivity index (χ2n) is 4.40. The van der Waals surface area contributed by atoms with E-state index in [1.807, 2.05) is 31.0 Å². The molecule has 0 bridgehead atoms. The monoisotopic (exact) mass is 209 g/mol. The molecule has 0 aromatic heterocycles. The van der Waals surface area contributed by atoms with Crippen LogP contribution in [0.1, 0.15) is 26.3 Å². The zero-order valence-electron chi connectivity index (χ0n) is 10.0. The summed E-state index contributed by atoms with van der Waals surface area (Å²) in [6.45, 7) is 7.19.